The number of para-hydroxylation sites is 1. The summed E-state index contributed by atoms with van der Waals surface area (Å²) < 4.78 is 10.9. The molecule has 0 radical (unpaired) electrons. The molecule has 0 fully saturated rings. The Labute approximate surface area is 152 Å². The van der Waals surface area contributed by atoms with Gasteiger partial charge in [-0.15, -0.1) is 0 Å². The van der Waals surface area contributed by atoms with E-state index >= 15 is 0 Å². The average molecular weight is 341 g/mol. The highest BCUT2D eigenvalue weighted by Gasteiger charge is 2.13. The minimum absolute atomic E-state index is 0.742. The van der Waals surface area contributed by atoms with Gasteiger partial charge in [0, 0.05) is 17.0 Å². The van der Waals surface area contributed by atoms with E-state index in [-0.39, 0.29) is 0 Å². The van der Waals surface area contributed by atoms with Crippen LogP contribution in [0.3, 0.4) is 0 Å². The monoisotopic (exact) mass is 341 g/mol. The number of hydrogen-bond acceptors (Lipinski definition) is 3. The second-order valence-electron chi connectivity index (χ2n) is 6.00. The van der Waals surface area contributed by atoms with E-state index in [1.54, 1.807) is 14.2 Å². The van der Waals surface area contributed by atoms with Gasteiger partial charge in [-0.25, -0.2) is 4.98 Å². The van der Waals surface area contributed by atoms with E-state index in [9.17, 15) is 0 Å². The minimum Gasteiger partial charge on any atom is -0.497 e. The summed E-state index contributed by atoms with van der Waals surface area (Å²) >= 11 is 0. The van der Waals surface area contributed by atoms with Gasteiger partial charge < -0.3 is 9.47 Å². The van der Waals surface area contributed by atoms with Crippen LogP contribution in [0.2, 0.25) is 0 Å². The second-order valence-corrected chi connectivity index (χ2v) is 6.00. The standard InChI is InChI=1S/C23H19NO2/c1-25-17-12-13-19(23(14-17)26-2)22-15-20(16-8-4-3-5-9-16)18-10-6-7-11-21(18)24-22/h3-15H,1-2H3. The summed E-state index contributed by atoms with van der Waals surface area (Å²) in [5.74, 6) is 1.50. The van der Waals surface area contributed by atoms with E-state index in [1.807, 2.05) is 42.5 Å². The zero-order valence-electron chi connectivity index (χ0n) is 14.8. The summed E-state index contributed by atoms with van der Waals surface area (Å²) in [5.41, 5.74) is 5.10. The molecule has 1 aromatic heterocycles. The number of pyridine rings is 1. The predicted molar refractivity (Wildman–Crippen MR) is 106 cm³/mol. The van der Waals surface area contributed by atoms with Crippen LogP contribution in [0.1, 0.15) is 0 Å². The van der Waals surface area contributed by atoms with Crippen LogP contribution in [0.15, 0.2) is 78.9 Å². The van der Waals surface area contributed by atoms with Crippen molar-refractivity contribution in [3.63, 3.8) is 0 Å². The fraction of sp³-hybridized carbons (Fsp3) is 0.0870. The minimum atomic E-state index is 0.742. The summed E-state index contributed by atoms with van der Waals surface area (Å²) in [6, 6.07) is 26.5. The zero-order chi connectivity index (χ0) is 17.9. The van der Waals surface area contributed by atoms with Crippen molar-refractivity contribution in [1.82, 2.24) is 4.98 Å². The largest absolute Gasteiger partial charge is 0.497 e. The average Bonchev–Trinajstić information content (AvgIpc) is 2.73. The molecule has 0 aliphatic heterocycles. The number of fused-ring (bicyclic) bond motifs is 1. The Balaban J connectivity index is 1.98. The molecule has 0 saturated carbocycles. The number of ether oxygens (including phenoxy) is 2. The van der Waals surface area contributed by atoms with E-state index in [4.69, 9.17) is 14.5 Å². The normalized spacial score (nSPS) is 10.7. The number of aromatic nitrogens is 1. The van der Waals surface area contributed by atoms with Crippen molar-refractivity contribution in [3.8, 4) is 33.9 Å². The molecule has 0 saturated heterocycles. The smallest absolute Gasteiger partial charge is 0.131 e. The second kappa shape index (κ2) is 6.89. The van der Waals surface area contributed by atoms with Gasteiger partial charge in [0.1, 0.15) is 11.5 Å². The van der Waals surface area contributed by atoms with Crippen LogP contribution in [0.5, 0.6) is 11.5 Å². The summed E-state index contributed by atoms with van der Waals surface area (Å²) in [4.78, 5) is 4.87. The fourth-order valence-corrected chi connectivity index (χ4v) is 3.18. The first-order valence-corrected chi connectivity index (χ1v) is 8.48. The van der Waals surface area contributed by atoms with E-state index < -0.39 is 0 Å². The first-order chi connectivity index (χ1) is 12.8. The molecule has 0 aliphatic carbocycles. The van der Waals surface area contributed by atoms with Crippen molar-refractivity contribution in [2.75, 3.05) is 14.2 Å². The van der Waals surface area contributed by atoms with Gasteiger partial charge in [0.15, 0.2) is 0 Å². The fourth-order valence-electron chi connectivity index (χ4n) is 3.18. The van der Waals surface area contributed by atoms with Crippen molar-refractivity contribution in [2.24, 2.45) is 0 Å². The van der Waals surface area contributed by atoms with Crippen molar-refractivity contribution >= 4 is 10.9 Å². The van der Waals surface area contributed by atoms with Gasteiger partial charge in [-0.1, -0.05) is 48.5 Å². The van der Waals surface area contributed by atoms with Gasteiger partial charge in [-0.3, -0.25) is 0 Å². The Bertz CT molecular complexity index is 1060. The lowest BCUT2D eigenvalue weighted by atomic mass is 9.98. The van der Waals surface area contributed by atoms with Crippen LogP contribution >= 0.6 is 0 Å². The molecular formula is C23H19NO2. The van der Waals surface area contributed by atoms with Crippen molar-refractivity contribution < 1.29 is 9.47 Å². The number of methoxy groups -OCH3 is 2. The molecule has 4 aromatic rings. The van der Waals surface area contributed by atoms with Crippen molar-refractivity contribution in [2.45, 2.75) is 0 Å². The third kappa shape index (κ3) is 2.88. The molecule has 3 nitrogen and oxygen atoms in total. The highest BCUT2D eigenvalue weighted by Crippen LogP contribution is 2.36. The van der Waals surface area contributed by atoms with Crippen LogP contribution in [0.25, 0.3) is 33.3 Å². The Morgan fingerprint density at radius 1 is 0.692 bits per heavy atom. The van der Waals surface area contributed by atoms with Crippen LogP contribution < -0.4 is 9.47 Å². The van der Waals surface area contributed by atoms with E-state index in [0.717, 1.165) is 39.2 Å². The molecule has 3 heteroatoms. The Morgan fingerprint density at radius 2 is 1.46 bits per heavy atom. The molecular weight excluding hydrogens is 322 g/mol. The predicted octanol–water partition coefficient (Wildman–Crippen LogP) is 5.59. The SMILES string of the molecule is COc1ccc(-c2cc(-c3ccccc3)c3ccccc3n2)c(OC)c1. The lowest BCUT2D eigenvalue weighted by Crippen LogP contribution is -1.94. The maximum absolute atomic E-state index is 5.58. The van der Waals surface area contributed by atoms with Gasteiger partial charge in [-0.05, 0) is 35.4 Å². The lowest BCUT2D eigenvalue weighted by molar-refractivity contribution is 0.395. The van der Waals surface area contributed by atoms with Crippen LogP contribution in [0, 0.1) is 0 Å². The molecule has 1 heterocycles. The van der Waals surface area contributed by atoms with E-state index in [2.05, 4.69) is 36.4 Å². The van der Waals surface area contributed by atoms with Gasteiger partial charge in [-0.2, -0.15) is 0 Å². The molecule has 0 unspecified atom stereocenters. The molecule has 0 atom stereocenters. The van der Waals surface area contributed by atoms with Crippen molar-refractivity contribution in [3.05, 3.63) is 78.9 Å². The van der Waals surface area contributed by atoms with E-state index in [1.165, 1.54) is 5.56 Å². The Hall–Kier alpha value is -3.33. The van der Waals surface area contributed by atoms with Crippen LogP contribution in [-0.2, 0) is 0 Å². The number of hydrogen-bond donors (Lipinski definition) is 0. The molecule has 0 bridgehead atoms. The molecule has 0 spiro atoms. The van der Waals surface area contributed by atoms with Gasteiger partial charge >= 0.3 is 0 Å². The topological polar surface area (TPSA) is 31.4 Å². The maximum Gasteiger partial charge on any atom is 0.131 e. The first-order valence-electron chi connectivity index (χ1n) is 8.48. The summed E-state index contributed by atoms with van der Waals surface area (Å²) in [7, 11) is 3.31. The molecule has 0 aliphatic rings. The molecule has 3 aromatic carbocycles. The Morgan fingerprint density at radius 3 is 2.23 bits per heavy atom. The third-order valence-electron chi connectivity index (χ3n) is 4.49. The lowest BCUT2D eigenvalue weighted by Gasteiger charge is -2.13. The highest BCUT2D eigenvalue weighted by atomic mass is 16.5. The van der Waals surface area contributed by atoms with Crippen LogP contribution in [-0.4, -0.2) is 19.2 Å². The van der Waals surface area contributed by atoms with Gasteiger partial charge in [0.05, 0.1) is 25.4 Å². The zero-order valence-corrected chi connectivity index (χ0v) is 14.8. The number of rotatable bonds is 4. The summed E-state index contributed by atoms with van der Waals surface area (Å²) in [5, 5.41) is 1.13. The maximum atomic E-state index is 5.58. The van der Waals surface area contributed by atoms with E-state index in [0.29, 0.717) is 0 Å². The summed E-state index contributed by atoms with van der Waals surface area (Å²) in [6.45, 7) is 0. The summed E-state index contributed by atoms with van der Waals surface area (Å²) in [6.07, 6.45) is 0. The van der Waals surface area contributed by atoms with Crippen LogP contribution in [0.4, 0.5) is 0 Å². The third-order valence-corrected chi connectivity index (χ3v) is 4.49. The quantitative estimate of drug-likeness (QED) is 0.485. The molecule has 0 N–H and O–H groups in total. The van der Waals surface area contributed by atoms with Gasteiger partial charge in [0.2, 0.25) is 0 Å². The Kier molecular flexibility index (Phi) is 4.28. The van der Waals surface area contributed by atoms with Gasteiger partial charge in [0.25, 0.3) is 0 Å². The number of benzene rings is 3. The first kappa shape index (κ1) is 16.2. The molecule has 26 heavy (non-hydrogen) atoms. The highest BCUT2D eigenvalue weighted by molar-refractivity contribution is 5.97. The van der Waals surface area contributed by atoms with Crippen molar-refractivity contribution in [1.29, 1.82) is 0 Å². The molecule has 0 amide bonds. The molecule has 4 rings (SSSR count). The number of nitrogens with zero attached hydrogens (tertiary/aromatic N) is 1. The molecule has 128 valence electrons.